The second kappa shape index (κ2) is 6.64. The van der Waals surface area contributed by atoms with Crippen LogP contribution in [0.15, 0.2) is 36.7 Å². The maximum atomic E-state index is 12.3. The van der Waals surface area contributed by atoms with Crippen LogP contribution in [0.3, 0.4) is 0 Å². The van der Waals surface area contributed by atoms with Crippen LogP contribution in [0.5, 0.6) is 0 Å². The number of nitrogens with zero attached hydrogens (tertiary/aromatic N) is 2. The molecule has 0 saturated carbocycles. The van der Waals surface area contributed by atoms with Gasteiger partial charge in [-0.05, 0) is 44.9 Å². The molecule has 0 aliphatic carbocycles. The number of aryl methyl sites for hydroxylation is 1. The van der Waals surface area contributed by atoms with Gasteiger partial charge in [-0.25, -0.2) is 0 Å². The zero-order valence-corrected chi connectivity index (χ0v) is 13.5. The number of amides is 1. The highest BCUT2D eigenvalue weighted by atomic mass is 16.4. The summed E-state index contributed by atoms with van der Waals surface area (Å²) < 4.78 is 1.74. The van der Waals surface area contributed by atoms with Gasteiger partial charge in [0.25, 0.3) is 5.91 Å². The van der Waals surface area contributed by atoms with Crippen molar-refractivity contribution in [1.29, 1.82) is 0 Å². The van der Waals surface area contributed by atoms with E-state index in [0.717, 1.165) is 5.56 Å². The first-order chi connectivity index (χ1) is 10.8. The van der Waals surface area contributed by atoms with E-state index in [9.17, 15) is 9.59 Å². The molecule has 0 fully saturated rings. The summed E-state index contributed by atoms with van der Waals surface area (Å²) in [5, 5.41) is 15.7. The van der Waals surface area contributed by atoms with Gasteiger partial charge in [-0.3, -0.25) is 14.3 Å². The Hall–Kier alpha value is -2.63. The predicted octanol–water partition coefficient (Wildman–Crippen LogP) is 2.91. The second-order valence-electron chi connectivity index (χ2n) is 6.39. The van der Waals surface area contributed by atoms with Gasteiger partial charge in [0.15, 0.2) is 0 Å². The minimum absolute atomic E-state index is 0.0652. The molecule has 0 spiro atoms. The fourth-order valence-corrected chi connectivity index (χ4v) is 2.07. The Labute approximate surface area is 135 Å². The summed E-state index contributed by atoms with van der Waals surface area (Å²) in [5.74, 6) is -1.08. The van der Waals surface area contributed by atoms with Crippen LogP contribution < -0.4 is 5.32 Å². The predicted molar refractivity (Wildman–Crippen MR) is 87.6 cm³/mol. The highest BCUT2D eigenvalue weighted by Crippen LogP contribution is 2.16. The third-order valence-electron chi connectivity index (χ3n) is 3.34. The van der Waals surface area contributed by atoms with Crippen molar-refractivity contribution in [3.8, 4) is 0 Å². The first kappa shape index (κ1) is 16.7. The summed E-state index contributed by atoms with van der Waals surface area (Å²) >= 11 is 0. The highest BCUT2D eigenvalue weighted by Gasteiger charge is 2.16. The van der Waals surface area contributed by atoms with Crippen molar-refractivity contribution >= 4 is 17.6 Å². The number of hydrogen-bond donors (Lipinski definition) is 2. The molecule has 0 saturated heterocycles. The van der Waals surface area contributed by atoms with E-state index in [0.29, 0.717) is 17.7 Å². The molecule has 0 aliphatic rings. The van der Waals surface area contributed by atoms with Gasteiger partial charge in [-0.1, -0.05) is 12.1 Å². The lowest BCUT2D eigenvalue weighted by molar-refractivity contribution is -0.136. The molecular weight excluding hydrogens is 294 g/mol. The average molecular weight is 315 g/mol. The third kappa shape index (κ3) is 4.67. The normalized spacial score (nSPS) is 11.3. The van der Waals surface area contributed by atoms with Crippen molar-refractivity contribution in [2.75, 3.05) is 5.32 Å². The highest BCUT2D eigenvalue weighted by molar-refractivity contribution is 6.03. The van der Waals surface area contributed by atoms with E-state index in [1.165, 1.54) is 6.20 Å². The van der Waals surface area contributed by atoms with Crippen LogP contribution in [0.1, 0.15) is 43.1 Å². The SMILES string of the molecule is CC(C)(C)n1cc(C(=O)Nc2cccc(CCC(=O)O)c2)cn1. The largest absolute Gasteiger partial charge is 0.481 e. The van der Waals surface area contributed by atoms with E-state index in [1.807, 2.05) is 26.8 Å². The number of carboxylic acid groups (broad SMARTS) is 1. The van der Waals surface area contributed by atoms with Crippen LogP contribution in [0.2, 0.25) is 0 Å². The molecule has 1 aromatic heterocycles. The van der Waals surface area contributed by atoms with Crippen LogP contribution >= 0.6 is 0 Å². The molecule has 2 aromatic rings. The topological polar surface area (TPSA) is 84.2 Å². The van der Waals surface area contributed by atoms with E-state index in [4.69, 9.17) is 5.11 Å². The van der Waals surface area contributed by atoms with Gasteiger partial charge in [-0.2, -0.15) is 5.10 Å². The van der Waals surface area contributed by atoms with Crippen LogP contribution in [0.25, 0.3) is 0 Å². The molecule has 0 radical (unpaired) electrons. The van der Waals surface area contributed by atoms with E-state index < -0.39 is 5.97 Å². The Bertz CT molecular complexity index is 714. The molecule has 23 heavy (non-hydrogen) atoms. The van der Waals surface area contributed by atoms with Crippen molar-refractivity contribution in [1.82, 2.24) is 9.78 Å². The molecule has 122 valence electrons. The van der Waals surface area contributed by atoms with E-state index in [-0.39, 0.29) is 17.9 Å². The van der Waals surface area contributed by atoms with Gasteiger partial charge in [0.1, 0.15) is 0 Å². The average Bonchev–Trinajstić information content (AvgIpc) is 2.95. The van der Waals surface area contributed by atoms with Crippen LogP contribution in [-0.4, -0.2) is 26.8 Å². The Morgan fingerprint density at radius 1 is 1.30 bits per heavy atom. The monoisotopic (exact) mass is 315 g/mol. The first-order valence-electron chi connectivity index (χ1n) is 7.43. The molecule has 1 amide bonds. The Morgan fingerprint density at radius 2 is 2.04 bits per heavy atom. The quantitative estimate of drug-likeness (QED) is 0.888. The number of carbonyl (C=O) groups excluding carboxylic acids is 1. The van der Waals surface area contributed by atoms with E-state index in [2.05, 4.69) is 10.4 Å². The Balaban J connectivity index is 2.06. The molecule has 0 aliphatic heterocycles. The Morgan fingerprint density at radius 3 is 2.65 bits per heavy atom. The number of aromatic nitrogens is 2. The third-order valence-corrected chi connectivity index (χ3v) is 3.34. The van der Waals surface area contributed by atoms with Crippen molar-refractivity contribution in [3.63, 3.8) is 0 Å². The second-order valence-corrected chi connectivity index (χ2v) is 6.39. The zero-order valence-electron chi connectivity index (χ0n) is 13.5. The molecule has 2 rings (SSSR count). The lowest BCUT2D eigenvalue weighted by Gasteiger charge is -2.18. The number of carboxylic acids is 1. The molecule has 1 heterocycles. The molecule has 0 unspecified atom stereocenters. The first-order valence-corrected chi connectivity index (χ1v) is 7.43. The minimum Gasteiger partial charge on any atom is -0.481 e. The molecule has 6 heteroatoms. The van der Waals surface area contributed by atoms with Gasteiger partial charge < -0.3 is 10.4 Å². The van der Waals surface area contributed by atoms with Crippen LogP contribution in [-0.2, 0) is 16.8 Å². The number of hydrogen-bond acceptors (Lipinski definition) is 3. The zero-order chi connectivity index (χ0) is 17.0. The lowest BCUT2D eigenvalue weighted by atomic mass is 10.1. The number of anilines is 1. The fourth-order valence-electron chi connectivity index (χ4n) is 2.07. The Kier molecular flexibility index (Phi) is 4.83. The van der Waals surface area contributed by atoms with Gasteiger partial charge >= 0.3 is 5.97 Å². The molecular formula is C17H21N3O3. The fraction of sp³-hybridized carbons (Fsp3) is 0.353. The number of rotatable bonds is 5. The molecule has 6 nitrogen and oxygen atoms in total. The number of nitrogens with one attached hydrogen (secondary N) is 1. The summed E-state index contributed by atoms with van der Waals surface area (Å²) in [5.41, 5.74) is 1.81. The number of benzene rings is 1. The molecule has 0 atom stereocenters. The standard InChI is InChI=1S/C17H21N3O3/c1-17(2,3)20-11-13(10-18-20)16(23)19-14-6-4-5-12(9-14)7-8-15(21)22/h4-6,9-11H,7-8H2,1-3H3,(H,19,23)(H,21,22). The summed E-state index contributed by atoms with van der Waals surface area (Å²) in [6.07, 6.45) is 3.75. The van der Waals surface area contributed by atoms with Crippen molar-refractivity contribution < 1.29 is 14.7 Å². The van der Waals surface area contributed by atoms with Crippen LogP contribution in [0.4, 0.5) is 5.69 Å². The van der Waals surface area contributed by atoms with Gasteiger partial charge in [0.05, 0.1) is 17.3 Å². The van der Waals surface area contributed by atoms with Gasteiger partial charge in [-0.15, -0.1) is 0 Å². The molecule has 1 aromatic carbocycles. The number of carbonyl (C=O) groups is 2. The molecule has 2 N–H and O–H groups in total. The van der Waals surface area contributed by atoms with Crippen molar-refractivity contribution in [2.45, 2.75) is 39.2 Å². The van der Waals surface area contributed by atoms with Crippen LogP contribution in [0, 0.1) is 0 Å². The summed E-state index contributed by atoms with van der Waals surface area (Å²) in [6, 6.07) is 7.20. The lowest BCUT2D eigenvalue weighted by Crippen LogP contribution is -2.22. The maximum absolute atomic E-state index is 12.3. The van der Waals surface area contributed by atoms with E-state index in [1.54, 1.807) is 29.1 Å². The van der Waals surface area contributed by atoms with Crippen molar-refractivity contribution in [2.24, 2.45) is 0 Å². The van der Waals surface area contributed by atoms with Gasteiger partial charge in [0, 0.05) is 18.3 Å². The van der Waals surface area contributed by atoms with Gasteiger partial charge in [0.2, 0.25) is 0 Å². The summed E-state index contributed by atoms with van der Waals surface area (Å²) in [6.45, 7) is 6.02. The van der Waals surface area contributed by atoms with Crippen molar-refractivity contribution in [3.05, 3.63) is 47.8 Å². The minimum atomic E-state index is -0.839. The maximum Gasteiger partial charge on any atom is 0.303 e. The van der Waals surface area contributed by atoms with E-state index >= 15 is 0 Å². The number of aliphatic carboxylic acids is 1. The summed E-state index contributed by atoms with van der Waals surface area (Å²) in [7, 11) is 0. The molecule has 0 bridgehead atoms. The smallest absolute Gasteiger partial charge is 0.303 e. The summed E-state index contributed by atoms with van der Waals surface area (Å²) in [4.78, 5) is 22.9.